The Morgan fingerprint density at radius 2 is 2.07 bits per heavy atom. The summed E-state index contributed by atoms with van der Waals surface area (Å²) in [5.74, 6) is 0. The minimum absolute atomic E-state index is 0.267. The number of hydrogen-bond acceptors (Lipinski definition) is 3. The van der Waals surface area contributed by atoms with Crippen LogP contribution in [0, 0.1) is 0 Å². The lowest BCUT2D eigenvalue weighted by molar-refractivity contribution is 0.0398. The molecule has 1 heterocycles. The monoisotopic (exact) mass is 205 g/mol. The van der Waals surface area contributed by atoms with Gasteiger partial charge in [0, 0.05) is 31.0 Å². The highest BCUT2D eigenvalue weighted by Gasteiger charge is 2.39. The van der Waals surface area contributed by atoms with E-state index >= 15 is 0 Å². The Morgan fingerprint density at radius 3 is 2.53 bits per heavy atom. The first kappa shape index (κ1) is 10.6. The molecule has 3 heteroatoms. The highest BCUT2D eigenvalue weighted by Crippen LogP contribution is 2.36. The third kappa shape index (κ3) is 2.03. The molecule has 3 nitrogen and oxygen atoms in total. The maximum absolute atomic E-state index is 5.87. The number of nitrogens with two attached hydrogens (primary N) is 1. The zero-order chi connectivity index (χ0) is 10.7. The highest BCUT2D eigenvalue weighted by atomic mass is 15.2. The lowest BCUT2D eigenvalue weighted by atomic mass is 9.75. The van der Waals surface area contributed by atoms with Crippen molar-refractivity contribution in [2.45, 2.75) is 31.3 Å². The summed E-state index contributed by atoms with van der Waals surface area (Å²) in [4.78, 5) is 6.42. The molecule has 0 aliphatic heterocycles. The molecule has 15 heavy (non-hydrogen) atoms. The fourth-order valence-electron chi connectivity index (χ4n) is 2.26. The maximum Gasteiger partial charge on any atom is 0.0332 e. The van der Waals surface area contributed by atoms with Crippen LogP contribution in [0.4, 0.5) is 0 Å². The maximum atomic E-state index is 5.87. The SMILES string of the molecule is CN(Cc1ccncc1)C1(CN)CCC1. The van der Waals surface area contributed by atoms with Crippen LogP contribution in [0.3, 0.4) is 0 Å². The van der Waals surface area contributed by atoms with Gasteiger partial charge in [0.2, 0.25) is 0 Å². The van der Waals surface area contributed by atoms with E-state index in [2.05, 4.69) is 29.1 Å². The van der Waals surface area contributed by atoms with Gasteiger partial charge >= 0.3 is 0 Å². The largest absolute Gasteiger partial charge is 0.329 e. The normalized spacial score (nSPS) is 18.9. The van der Waals surface area contributed by atoms with E-state index in [0.717, 1.165) is 13.1 Å². The molecule has 0 spiro atoms. The van der Waals surface area contributed by atoms with Crippen molar-refractivity contribution in [3.05, 3.63) is 30.1 Å². The molecular weight excluding hydrogens is 186 g/mol. The van der Waals surface area contributed by atoms with Gasteiger partial charge in [-0.3, -0.25) is 9.88 Å². The third-order valence-corrected chi connectivity index (χ3v) is 3.64. The van der Waals surface area contributed by atoms with Crippen LogP contribution in [0.5, 0.6) is 0 Å². The second-order valence-corrected chi connectivity index (χ2v) is 4.49. The molecule has 0 aromatic carbocycles. The molecule has 0 bridgehead atoms. The van der Waals surface area contributed by atoms with E-state index in [9.17, 15) is 0 Å². The van der Waals surface area contributed by atoms with Crippen molar-refractivity contribution in [3.63, 3.8) is 0 Å². The van der Waals surface area contributed by atoms with E-state index in [-0.39, 0.29) is 5.54 Å². The van der Waals surface area contributed by atoms with E-state index in [1.165, 1.54) is 24.8 Å². The van der Waals surface area contributed by atoms with Gasteiger partial charge in [-0.15, -0.1) is 0 Å². The fourth-order valence-corrected chi connectivity index (χ4v) is 2.26. The Balaban J connectivity index is 2.00. The molecule has 0 radical (unpaired) electrons. The zero-order valence-electron chi connectivity index (χ0n) is 9.32. The van der Waals surface area contributed by atoms with E-state index in [1.54, 1.807) is 0 Å². The fraction of sp³-hybridized carbons (Fsp3) is 0.583. The molecule has 0 atom stereocenters. The lowest BCUT2D eigenvalue weighted by Gasteiger charge is -2.48. The van der Waals surface area contributed by atoms with Crippen LogP contribution < -0.4 is 5.73 Å². The smallest absolute Gasteiger partial charge is 0.0332 e. The molecule has 2 rings (SSSR count). The molecule has 1 aliphatic rings. The van der Waals surface area contributed by atoms with Crippen LogP contribution in [0.15, 0.2) is 24.5 Å². The van der Waals surface area contributed by atoms with Crippen LogP contribution in [-0.4, -0.2) is 29.0 Å². The minimum Gasteiger partial charge on any atom is -0.329 e. The van der Waals surface area contributed by atoms with Crippen LogP contribution in [0.2, 0.25) is 0 Å². The summed E-state index contributed by atoms with van der Waals surface area (Å²) >= 11 is 0. The van der Waals surface area contributed by atoms with Crippen LogP contribution >= 0.6 is 0 Å². The van der Waals surface area contributed by atoms with Crippen molar-refractivity contribution in [1.29, 1.82) is 0 Å². The molecule has 82 valence electrons. The number of nitrogens with zero attached hydrogens (tertiary/aromatic N) is 2. The molecule has 0 amide bonds. The molecule has 1 fully saturated rings. The quantitative estimate of drug-likeness (QED) is 0.807. The van der Waals surface area contributed by atoms with E-state index in [4.69, 9.17) is 5.73 Å². The topological polar surface area (TPSA) is 42.2 Å². The van der Waals surface area contributed by atoms with Crippen LogP contribution in [0.1, 0.15) is 24.8 Å². The van der Waals surface area contributed by atoms with Gasteiger partial charge in [-0.2, -0.15) is 0 Å². The Labute approximate surface area is 91.3 Å². The third-order valence-electron chi connectivity index (χ3n) is 3.64. The van der Waals surface area contributed by atoms with Crippen molar-refractivity contribution >= 4 is 0 Å². The number of rotatable bonds is 4. The summed E-state index contributed by atoms with van der Waals surface area (Å²) in [5, 5.41) is 0. The van der Waals surface area contributed by atoms with Crippen molar-refractivity contribution in [2.24, 2.45) is 5.73 Å². The molecule has 1 aromatic rings. The molecule has 0 saturated heterocycles. The Hall–Kier alpha value is -0.930. The summed E-state index contributed by atoms with van der Waals surface area (Å²) in [5.41, 5.74) is 7.45. The van der Waals surface area contributed by atoms with Crippen molar-refractivity contribution < 1.29 is 0 Å². The first-order valence-electron chi connectivity index (χ1n) is 5.57. The average molecular weight is 205 g/mol. The van der Waals surface area contributed by atoms with Crippen LogP contribution in [0.25, 0.3) is 0 Å². The van der Waals surface area contributed by atoms with E-state index in [1.807, 2.05) is 12.4 Å². The van der Waals surface area contributed by atoms with Crippen molar-refractivity contribution in [2.75, 3.05) is 13.6 Å². The summed E-state index contributed by atoms with van der Waals surface area (Å²) < 4.78 is 0. The highest BCUT2D eigenvalue weighted by molar-refractivity contribution is 5.11. The summed E-state index contributed by atoms with van der Waals surface area (Å²) in [6.45, 7) is 1.74. The Kier molecular flexibility index (Phi) is 3.03. The summed E-state index contributed by atoms with van der Waals surface area (Å²) in [6.07, 6.45) is 7.49. The second-order valence-electron chi connectivity index (χ2n) is 4.49. The summed E-state index contributed by atoms with van der Waals surface area (Å²) in [7, 11) is 2.17. The predicted octanol–water partition coefficient (Wildman–Crippen LogP) is 1.39. The van der Waals surface area contributed by atoms with E-state index < -0.39 is 0 Å². The molecule has 1 saturated carbocycles. The standard InChI is InChI=1S/C12H19N3/c1-15(12(10-13)5-2-6-12)9-11-3-7-14-8-4-11/h3-4,7-8H,2,5-6,9-10,13H2,1H3. The van der Waals surface area contributed by atoms with Gasteiger partial charge < -0.3 is 5.73 Å². The zero-order valence-corrected chi connectivity index (χ0v) is 9.32. The number of hydrogen-bond donors (Lipinski definition) is 1. The molecule has 0 unspecified atom stereocenters. The number of aromatic nitrogens is 1. The van der Waals surface area contributed by atoms with Crippen molar-refractivity contribution in [3.8, 4) is 0 Å². The number of pyridine rings is 1. The second kappa shape index (κ2) is 4.29. The first-order chi connectivity index (χ1) is 7.27. The van der Waals surface area contributed by atoms with Gasteiger partial charge in [0.15, 0.2) is 0 Å². The van der Waals surface area contributed by atoms with Crippen molar-refractivity contribution in [1.82, 2.24) is 9.88 Å². The van der Waals surface area contributed by atoms with Gasteiger partial charge in [0.1, 0.15) is 0 Å². The van der Waals surface area contributed by atoms with E-state index in [0.29, 0.717) is 0 Å². The molecular formula is C12H19N3. The van der Waals surface area contributed by atoms with Gasteiger partial charge in [0.05, 0.1) is 0 Å². The van der Waals surface area contributed by atoms with Gasteiger partial charge in [0.25, 0.3) is 0 Å². The average Bonchev–Trinajstić information content (AvgIpc) is 2.18. The molecule has 1 aliphatic carbocycles. The van der Waals surface area contributed by atoms with Crippen LogP contribution in [-0.2, 0) is 6.54 Å². The lowest BCUT2D eigenvalue weighted by Crippen LogP contribution is -2.56. The summed E-state index contributed by atoms with van der Waals surface area (Å²) in [6, 6.07) is 4.14. The first-order valence-corrected chi connectivity index (χ1v) is 5.57. The van der Waals surface area contributed by atoms with Gasteiger partial charge in [-0.05, 0) is 44.0 Å². The minimum atomic E-state index is 0.267. The molecule has 1 aromatic heterocycles. The molecule has 2 N–H and O–H groups in total. The number of likely N-dealkylation sites (N-methyl/N-ethyl adjacent to an activating group) is 1. The Morgan fingerprint density at radius 1 is 1.40 bits per heavy atom. The van der Waals surface area contributed by atoms with Gasteiger partial charge in [-0.25, -0.2) is 0 Å². The van der Waals surface area contributed by atoms with Gasteiger partial charge in [-0.1, -0.05) is 0 Å². The predicted molar refractivity (Wildman–Crippen MR) is 61.3 cm³/mol. The Bertz CT molecular complexity index is 300.